The summed E-state index contributed by atoms with van der Waals surface area (Å²) in [6.45, 7) is 47.7. The number of rotatable bonds is 21. The first-order valence-corrected chi connectivity index (χ1v) is 38.4. The Kier molecular flexibility index (Phi) is 28.5. The van der Waals surface area contributed by atoms with Crippen LogP contribution in [0, 0.1) is 30.9 Å². The number of carbonyl (C=O) groups is 2. The molecular formula is C80H105Cl3N14O4. The SMILES string of the molecule is C=CC(=O)Cl.CCN(C(C)C)C(C)C.ClCCl.[C-]#[N+]CC1CCCN(c2nc(OC[C@@H]3CCCN3CC3CC3)nc3c2CCN(c2cccc4ccccc24)C3)C1.[C-]#[N+]CC1CN(c2nc(OC[C@@H]3CCCN3CC3CC3)nc3c2CCN(c2cccc4ccccc24)C3)CCN1C(=O)C=C. The largest absolute Gasteiger partial charge is 0.462 e. The molecule has 4 atom stereocenters. The number of benzene rings is 4. The van der Waals surface area contributed by atoms with Gasteiger partial charge in [-0.15, -0.1) is 23.2 Å². The maximum absolute atomic E-state index is 12.6. The summed E-state index contributed by atoms with van der Waals surface area (Å²) < 4.78 is 12.9. The number of hydrogen-bond acceptors (Lipinski definition) is 15. The molecule has 0 radical (unpaired) electrons. The number of aromatic nitrogens is 4. The van der Waals surface area contributed by atoms with Gasteiger partial charge >= 0.3 is 12.0 Å². The number of anilines is 4. The van der Waals surface area contributed by atoms with Crippen LogP contribution in [0.3, 0.4) is 0 Å². The Morgan fingerprint density at radius 2 is 1.04 bits per heavy atom. The number of fused-ring (bicyclic) bond motifs is 4. The van der Waals surface area contributed by atoms with E-state index in [1.807, 2.05) is 0 Å². The van der Waals surface area contributed by atoms with Crippen LogP contribution in [-0.4, -0.2) is 191 Å². The third kappa shape index (κ3) is 20.8. The lowest BCUT2D eigenvalue weighted by molar-refractivity contribution is -0.128. The molecule has 6 aromatic rings. The first kappa shape index (κ1) is 76.4. The molecule has 0 bridgehead atoms. The van der Waals surface area contributed by atoms with Crippen molar-refractivity contribution in [3.63, 3.8) is 0 Å². The minimum absolute atomic E-state index is 0.120. The number of amides is 1. The summed E-state index contributed by atoms with van der Waals surface area (Å²) in [7, 11) is 0. The van der Waals surface area contributed by atoms with E-state index in [0.717, 1.165) is 124 Å². The fraction of sp³-hybridized carbons (Fsp3) is 0.550. The molecule has 0 spiro atoms. The van der Waals surface area contributed by atoms with Gasteiger partial charge < -0.3 is 43.7 Å². The van der Waals surface area contributed by atoms with Crippen LogP contribution in [0.1, 0.15) is 121 Å². The summed E-state index contributed by atoms with van der Waals surface area (Å²) in [6, 6.07) is 33.3. The molecular weight excluding hydrogens is 1330 g/mol. The summed E-state index contributed by atoms with van der Waals surface area (Å²) in [6.07, 6.45) is 16.7. The third-order valence-corrected chi connectivity index (χ3v) is 21.2. The predicted molar refractivity (Wildman–Crippen MR) is 413 cm³/mol. The van der Waals surface area contributed by atoms with Crippen LogP contribution in [0.5, 0.6) is 12.0 Å². The fourth-order valence-corrected chi connectivity index (χ4v) is 15.6. The quantitative estimate of drug-likeness (QED) is 0.0292. The van der Waals surface area contributed by atoms with Gasteiger partial charge in [-0.05, 0) is 183 Å². The molecule has 1 amide bonds. The van der Waals surface area contributed by atoms with Crippen LogP contribution in [0.2, 0.25) is 0 Å². The van der Waals surface area contributed by atoms with Crippen molar-refractivity contribution in [1.82, 2.24) is 39.5 Å². The summed E-state index contributed by atoms with van der Waals surface area (Å²) in [5.74, 6) is 3.99. The molecule has 540 valence electrons. The van der Waals surface area contributed by atoms with E-state index in [1.54, 1.807) is 4.90 Å². The van der Waals surface area contributed by atoms with E-state index in [-0.39, 0.29) is 23.8 Å². The highest BCUT2D eigenvalue weighted by atomic mass is 35.5. The van der Waals surface area contributed by atoms with Crippen molar-refractivity contribution >= 4 is 90.5 Å². The Labute approximate surface area is 615 Å². The van der Waals surface area contributed by atoms with Gasteiger partial charge in [-0.25, -0.2) is 13.1 Å². The number of piperidine rings is 1. The first-order chi connectivity index (χ1) is 49.1. The van der Waals surface area contributed by atoms with E-state index in [1.165, 1.54) is 109 Å². The van der Waals surface area contributed by atoms with E-state index in [0.29, 0.717) is 88.0 Å². The topological polar surface area (TPSA) is 139 Å². The number of allylic oxidation sites excluding steroid dienone is 1. The number of carbonyl (C=O) groups excluding carboxylic acids is 2. The van der Waals surface area contributed by atoms with Gasteiger partial charge in [0.2, 0.25) is 24.2 Å². The second kappa shape index (κ2) is 37.8. The Bertz CT molecular complexity index is 3800. The zero-order valence-corrected chi connectivity index (χ0v) is 62.5. The normalized spacial score (nSPS) is 20.4. The lowest BCUT2D eigenvalue weighted by Gasteiger charge is -2.41. The van der Waals surface area contributed by atoms with Crippen molar-refractivity contribution in [2.75, 3.05) is 130 Å². The highest BCUT2D eigenvalue weighted by molar-refractivity contribution is 6.66. The summed E-state index contributed by atoms with van der Waals surface area (Å²) in [5.41, 5.74) is 6.98. The molecule has 18 nitrogen and oxygen atoms in total. The molecule has 21 heteroatoms. The second-order valence-electron chi connectivity index (χ2n) is 28.5. The molecule has 2 unspecified atom stereocenters. The lowest BCUT2D eigenvalue weighted by Crippen LogP contribution is -2.56. The van der Waals surface area contributed by atoms with Crippen molar-refractivity contribution < 1.29 is 19.1 Å². The van der Waals surface area contributed by atoms with Crippen molar-refractivity contribution in [3.8, 4) is 12.0 Å². The lowest BCUT2D eigenvalue weighted by atomic mass is 9.96. The van der Waals surface area contributed by atoms with Gasteiger partial charge in [0.05, 0.1) is 29.8 Å². The molecule has 4 saturated heterocycles. The van der Waals surface area contributed by atoms with Crippen molar-refractivity contribution in [3.05, 3.63) is 156 Å². The Hall–Kier alpha value is -7.29. The van der Waals surface area contributed by atoms with Gasteiger partial charge in [0.1, 0.15) is 30.9 Å². The summed E-state index contributed by atoms with van der Waals surface area (Å²) in [4.78, 5) is 68.7. The Morgan fingerprint density at radius 1 is 0.574 bits per heavy atom. The highest BCUT2D eigenvalue weighted by Gasteiger charge is 2.38. The van der Waals surface area contributed by atoms with Crippen LogP contribution in [0.25, 0.3) is 31.2 Å². The minimum atomic E-state index is -0.509. The predicted octanol–water partition coefficient (Wildman–Crippen LogP) is 14.6. The number of likely N-dealkylation sites (tertiary alicyclic amines) is 2. The molecule has 101 heavy (non-hydrogen) atoms. The number of hydrogen-bond donors (Lipinski definition) is 0. The summed E-state index contributed by atoms with van der Waals surface area (Å²) in [5, 5.41) is 4.71. The Balaban J connectivity index is 0.000000178. The van der Waals surface area contributed by atoms with E-state index in [9.17, 15) is 9.59 Å². The Morgan fingerprint density at radius 3 is 1.48 bits per heavy atom. The van der Waals surface area contributed by atoms with Crippen LogP contribution >= 0.6 is 34.8 Å². The zero-order chi connectivity index (χ0) is 71.4. The average Bonchev–Trinajstić information content (AvgIpc) is 1.65. The fourth-order valence-electron chi connectivity index (χ4n) is 15.6. The van der Waals surface area contributed by atoms with Crippen LogP contribution in [0.4, 0.5) is 23.0 Å². The first-order valence-electron chi connectivity index (χ1n) is 36.9. The molecule has 8 heterocycles. The molecule has 6 fully saturated rings. The van der Waals surface area contributed by atoms with Crippen LogP contribution < -0.4 is 29.1 Å². The molecule has 6 aliphatic heterocycles. The van der Waals surface area contributed by atoms with Crippen molar-refractivity contribution in [2.45, 2.75) is 155 Å². The van der Waals surface area contributed by atoms with E-state index in [4.69, 9.17) is 77.4 Å². The number of ether oxygens (including phenoxy) is 2. The van der Waals surface area contributed by atoms with E-state index >= 15 is 0 Å². The monoisotopic (exact) mass is 1430 g/mol. The summed E-state index contributed by atoms with van der Waals surface area (Å²) >= 11 is 14.2. The molecule has 0 N–H and O–H groups in total. The number of nitrogens with zero attached hydrogens (tertiary/aromatic N) is 14. The van der Waals surface area contributed by atoms with Gasteiger partial charge in [0, 0.05) is 122 Å². The number of alkyl halides is 2. The van der Waals surface area contributed by atoms with Crippen LogP contribution in [0.15, 0.2) is 110 Å². The van der Waals surface area contributed by atoms with Crippen molar-refractivity contribution in [2.24, 2.45) is 17.8 Å². The van der Waals surface area contributed by atoms with Gasteiger partial charge in [-0.1, -0.05) is 92.9 Å². The maximum atomic E-state index is 12.6. The van der Waals surface area contributed by atoms with Crippen molar-refractivity contribution in [1.29, 1.82) is 0 Å². The zero-order valence-electron chi connectivity index (χ0n) is 60.2. The molecule has 2 aromatic heterocycles. The van der Waals surface area contributed by atoms with Gasteiger partial charge in [-0.2, -0.15) is 19.9 Å². The maximum Gasteiger partial charge on any atom is 0.318 e. The molecule has 2 aliphatic carbocycles. The third-order valence-electron chi connectivity index (χ3n) is 21.0. The standard InChI is InChI=1S/C35H41N7O2.C33H40N6O.C8H19N.C3H3ClO.CH2Cl2/c1-3-33(43)42-19-18-41(22-28(42)20-36-2)34-30-15-17-40(32-12-6-9-26-8-4-5-11-29(26)32)23-31(30)37-35(38-34)44-24-27-10-7-16-39(27)21-25-13-14-25;1-34-19-25-7-5-17-39(21-25)32-29-15-18-38(31-12-4-9-26-8-2-3-11-28(26)31)22-30(29)35-33(36-32)40-23-27-10-6-16-37(27)20-24-13-14-24;1-6-9(7(2)3)8(4)5;1-2-3(4)5;2-1-3/h3-6,8-9,11-12,25,27-28H,1,7,10,13-24H2;2-4,8-9,11-12,24-25,27H,5-7,10,13-23H2;7-8H,6H2,1-5H3;2H,1H2;1H2/t27-,28?;25?,27-;;;/m00.../s1. The smallest absolute Gasteiger partial charge is 0.318 e. The minimum Gasteiger partial charge on any atom is -0.462 e. The van der Waals surface area contributed by atoms with Crippen LogP contribution in [-0.2, 0) is 35.5 Å². The van der Waals surface area contributed by atoms with Gasteiger partial charge in [0.25, 0.3) is 0 Å². The highest BCUT2D eigenvalue weighted by Crippen LogP contribution is 2.39. The molecule has 8 aliphatic rings. The average molecular weight is 1430 g/mol. The molecule has 14 rings (SSSR count). The van der Waals surface area contributed by atoms with E-state index < -0.39 is 5.24 Å². The van der Waals surface area contributed by atoms with E-state index in [2.05, 4.69) is 177 Å². The number of piperazine rings is 1. The van der Waals surface area contributed by atoms with Gasteiger partial charge in [-0.3, -0.25) is 24.3 Å². The second-order valence-corrected chi connectivity index (χ2v) is 29.7. The molecule has 2 saturated carbocycles. The number of halogens is 3. The van der Waals surface area contributed by atoms with Gasteiger partial charge in [0.15, 0.2) is 0 Å². The molecule has 4 aromatic carbocycles.